The van der Waals surface area contributed by atoms with Gasteiger partial charge in [-0.3, -0.25) is 4.90 Å². The molecule has 3 heterocycles. The fourth-order valence-corrected chi connectivity index (χ4v) is 3.87. The van der Waals surface area contributed by atoms with E-state index in [1.165, 1.54) is 10.9 Å². The SMILES string of the molecule is Cc1nc(N2CCN(C[C@@H](C)O)CC2)c2c(C)csc2n1. The monoisotopic (exact) mass is 306 g/mol. The van der Waals surface area contributed by atoms with Crippen molar-refractivity contribution in [3.8, 4) is 0 Å². The number of aryl methyl sites for hydroxylation is 2. The summed E-state index contributed by atoms with van der Waals surface area (Å²) in [6.07, 6.45) is -0.260. The summed E-state index contributed by atoms with van der Waals surface area (Å²) in [5, 5.41) is 12.9. The molecular formula is C15H22N4OS. The molecular weight excluding hydrogens is 284 g/mol. The summed E-state index contributed by atoms with van der Waals surface area (Å²) >= 11 is 1.69. The van der Waals surface area contributed by atoms with Crippen LogP contribution in [0.4, 0.5) is 5.82 Å². The van der Waals surface area contributed by atoms with Crippen LogP contribution >= 0.6 is 11.3 Å². The maximum absolute atomic E-state index is 9.50. The van der Waals surface area contributed by atoms with Crippen LogP contribution in [0.25, 0.3) is 10.2 Å². The lowest BCUT2D eigenvalue weighted by Crippen LogP contribution is -2.48. The van der Waals surface area contributed by atoms with Crippen LogP contribution in [-0.2, 0) is 0 Å². The molecule has 0 spiro atoms. The molecule has 5 nitrogen and oxygen atoms in total. The largest absolute Gasteiger partial charge is 0.392 e. The Kier molecular flexibility index (Phi) is 4.10. The van der Waals surface area contributed by atoms with Gasteiger partial charge in [0.25, 0.3) is 0 Å². The third kappa shape index (κ3) is 3.02. The van der Waals surface area contributed by atoms with Crippen LogP contribution < -0.4 is 4.90 Å². The highest BCUT2D eigenvalue weighted by molar-refractivity contribution is 7.17. The van der Waals surface area contributed by atoms with Gasteiger partial charge in [-0.1, -0.05) is 0 Å². The first-order valence-electron chi connectivity index (χ1n) is 7.42. The van der Waals surface area contributed by atoms with E-state index in [0.717, 1.165) is 49.2 Å². The van der Waals surface area contributed by atoms with Crippen LogP contribution in [0.15, 0.2) is 5.38 Å². The zero-order chi connectivity index (χ0) is 15.0. The van der Waals surface area contributed by atoms with Gasteiger partial charge >= 0.3 is 0 Å². The number of nitrogens with zero attached hydrogens (tertiary/aromatic N) is 4. The van der Waals surface area contributed by atoms with Gasteiger partial charge in [-0.25, -0.2) is 9.97 Å². The molecule has 1 fully saturated rings. The van der Waals surface area contributed by atoms with Gasteiger partial charge in [0.2, 0.25) is 0 Å². The average molecular weight is 306 g/mol. The van der Waals surface area contributed by atoms with Gasteiger partial charge in [0, 0.05) is 32.7 Å². The zero-order valence-electron chi connectivity index (χ0n) is 12.8. The Morgan fingerprint density at radius 2 is 1.95 bits per heavy atom. The Morgan fingerprint density at radius 3 is 2.62 bits per heavy atom. The summed E-state index contributed by atoms with van der Waals surface area (Å²) in [5.74, 6) is 1.92. The molecule has 0 saturated carbocycles. The van der Waals surface area contributed by atoms with Gasteiger partial charge in [0.05, 0.1) is 11.5 Å². The van der Waals surface area contributed by atoms with Crippen LogP contribution in [0.1, 0.15) is 18.3 Å². The molecule has 6 heteroatoms. The van der Waals surface area contributed by atoms with Gasteiger partial charge in [-0.2, -0.15) is 0 Å². The molecule has 21 heavy (non-hydrogen) atoms. The molecule has 114 valence electrons. The van der Waals surface area contributed by atoms with Crippen molar-refractivity contribution in [1.29, 1.82) is 0 Å². The smallest absolute Gasteiger partial charge is 0.141 e. The van der Waals surface area contributed by atoms with Crippen molar-refractivity contribution in [3.05, 3.63) is 16.8 Å². The van der Waals surface area contributed by atoms with E-state index in [1.807, 2.05) is 13.8 Å². The number of aliphatic hydroxyl groups is 1. The van der Waals surface area contributed by atoms with E-state index in [0.29, 0.717) is 0 Å². The Bertz CT molecular complexity index is 632. The lowest BCUT2D eigenvalue weighted by molar-refractivity contribution is 0.122. The predicted molar refractivity (Wildman–Crippen MR) is 87.2 cm³/mol. The summed E-state index contributed by atoms with van der Waals surface area (Å²) in [7, 11) is 0. The van der Waals surface area contributed by atoms with Gasteiger partial charge in [0.15, 0.2) is 0 Å². The fraction of sp³-hybridized carbons (Fsp3) is 0.600. The van der Waals surface area contributed by atoms with Crippen LogP contribution in [0.5, 0.6) is 0 Å². The first-order chi connectivity index (χ1) is 10.0. The summed E-state index contributed by atoms with van der Waals surface area (Å²) in [6, 6.07) is 0. The zero-order valence-corrected chi connectivity index (χ0v) is 13.7. The maximum Gasteiger partial charge on any atom is 0.141 e. The van der Waals surface area contributed by atoms with E-state index in [4.69, 9.17) is 4.98 Å². The van der Waals surface area contributed by atoms with E-state index in [9.17, 15) is 5.11 Å². The van der Waals surface area contributed by atoms with Crippen LogP contribution in [-0.4, -0.2) is 58.8 Å². The molecule has 1 atom stereocenters. The molecule has 1 saturated heterocycles. The second kappa shape index (κ2) is 5.87. The van der Waals surface area contributed by atoms with Crippen molar-refractivity contribution < 1.29 is 5.11 Å². The molecule has 2 aromatic heterocycles. The summed E-state index contributed by atoms with van der Waals surface area (Å²) in [5.41, 5.74) is 1.26. The molecule has 0 bridgehead atoms. The Balaban J connectivity index is 1.83. The highest BCUT2D eigenvalue weighted by Crippen LogP contribution is 2.32. The van der Waals surface area contributed by atoms with Crippen molar-refractivity contribution in [2.24, 2.45) is 0 Å². The lowest BCUT2D eigenvalue weighted by atomic mass is 10.2. The number of β-amino-alcohol motifs (C(OH)–C–C–N with tert-alkyl or cyclic N) is 1. The number of aliphatic hydroxyl groups excluding tert-OH is 1. The van der Waals surface area contributed by atoms with E-state index in [1.54, 1.807) is 11.3 Å². The minimum Gasteiger partial charge on any atom is -0.392 e. The minimum absolute atomic E-state index is 0.260. The van der Waals surface area contributed by atoms with E-state index in [-0.39, 0.29) is 6.10 Å². The number of piperazine rings is 1. The number of anilines is 1. The Morgan fingerprint density at radius 1 is 1.24 bits per heavy atom. The normalized spacial score (nSPS) is 18.4. The highest BCUT2D eigenvalue weighted by Gasteiger charge is 2.22. The molecule has 1 aliphatic rings. The van der Waals surface area contributed by atoms with Crippen molar-refractivity contribution in [1.82, 2.24) is 14.9 Å². The first-order valence-corrected chi connectivity index (χ1v) is 8.30. The number of hydrogen-bond donors (Lipinski definition) is 1. The topological polar surface area (TPSA) is 52.5 Å². The van der Waals surface area contributed by atoms with Crippen molar-refractivity contribution in [2.75, 3.05) is 37.6 Å². The second-order valence-electron chi connectivity index (χ2n) is 5.83. The van der Waals surface area contributed by atoms with Gasteiger partial charge in [-0.15, -0.1) is 11.3 Å². The molecule has 0 unspecified atom stereocenters. The van der Waals surface area contributed by atoms with Crippen molar-refractivity contribution in [3.63, 3.8) is 0 Å². The molecule has 1 N–H and O–H groups in total. The standard InChI is InChI=1S/C15H22N4OS/c1-10-9-21-15-13(10)14(16-12(3)17-15)19-6-4-18(5-7-19)8-11(2)20/h9,11,20H,4-8H2,1-3H3/t11-/m1/s1. The number of aromatic nitrogens is 2. The van der Waals surface area contributed by atoms with Gasteiger partial charge < -0.3 is 10.0 Å². The third-order valence-electron chi connectivity index (χ3n) is 3.90. The summed E-state index contributed by atoms with van der Waals surface area (Å²) in [6.45, 7) is 10.5. The lowest BCUT2D eigenvalue weighted by Gasteiger charge is -2.36. The molecule has 0 aliphatic carbocycles. The van der Waals surface area contributed by atoms with E-state index >= 15 is 0 Å². The summed E-state index contributed by atoms with van der Waals surface area (Å²) in [4.78, 5) is 15.0. The van der Waals surface area contributed by atoms with Crippen molar-refractivity contribution >= 4 is 27.4 Å². The molecule has 3 rings (SSSR count). The van der Waals surface area contributed by atoms with Gasteiger partial charge in [-0.05, 0) is 31.7 Å². The third-order valence-corrected chi connectivity index (χ3v) is 4.89. The second-order valence-corrected chi connectivity index (χ2v) is 6.69. The first kappa shape index (κ1) is 14.7. The number of thiophene rings is 1. The molecule has 2 aromatic rings. The summed E-state index contributed by atoms with van der Waals surface area (Å²) < 4.78 is 0. The quantitative estimate of drug-likeness (QED) is 0.937. The number of rotatable bonds is 3. The van der Waals surface area contributed by atoms with Gasteiger partial charge in [0.1, 0.15) is 16.5 Å². The Hall–Kier alpha value is -1.24. The fourth-order valence-electron chi connectivity index (χ4n) is 2.91. The highest BCUT2D eigenvalue weighted by atomic mass is 32.1. The van der Waals surface area contributed by atoms with E-state index < -0.39 is 0 Å². The maximum atomic E-state index is 9.50. The van der Waals surface area contributed by atoms with Crippen LogP contribution in [0.2, 0.25) is 0 Å². The van der Waals surface area contributed by atoms with Crippen molar-refractivity contribution in [2.45, 2.75) is 26.9 Å². The Labute approximate surface area is 129 Å². The van der Waals surface area contributed by atoms with Crippen LogP contribution in [0, 0.1) is 13.8 Å². The molecule has 0 aromatic carbocycles. The van der Waals surface area contributed by atoms with Crippen LogP contribution in [0.3, 0.4) is 0 Å². The van der Waals surface area contributed by atoms with E-state index in [2.05, 4.69) is 27.1 Å². The molecule has 0 radical (unpaired) electrons. The number of fused-ring (bicyclic) bond motifs is 1. The number of hydrogen-bond acceptors (Lipinski definition) is 6. The molecule has 0 amide bonds. The predicted octanol–water partition coefficient (Wildman–Crippen LogP) is 1.81. The minimum atomic E-state index is -0.260. The average Bonchev–Trinajstić information content (AvgIpc) is 2.79. The molecule has 1 aliphatic heterocycles.